The Kier molecular flexibility index (Phi) is 2.52. The number of para-hydroxylation sites is 1. The zero-order chi connectivity index (χ0) is 11.7. The first kappa shape index (κ1) is 10.3. The number of amides is 1. The minimum atomic E-state index is 0.0632. The van der Waals surface area contributed by atoms with E-state index in [-0.39, 0.29) is 5.91 Å². The van der Waals surface area contributed by atoms with Gasteiger partial charge in [-0.2, -0.15) is 0 Å². The summed E-state index contributed by atoms with van der Waals surface area (Å²) in [6, 6.07) is 11.7. The van der Waals surface area contributed by atoms with Gasteiger partial charge < -0.3 is 4.90 Å². The Hall–Kier alpha value is -1.90. The first-order chi connectivity index (χ1) is 8.34. The number of benzene rings is 1. The molecule has 1 aliphatic heterocycles. The summed E-state index contributed by atoms with van der Waals surface area (Å²) in [7, 11) is 0. The van der Waals surface area contributed by atoms with Crippen LogP contribution < -0.4 is 0 Å². The normalized spacial score (nSPS) is 15.4. The lowest BCUT2D eigenvalue weighted by Crippen LogP contribution is -2.28. The first-order valence-corrected chi connectivity index (χ1v) is 6.00. The van der Waals surface area contributed by atoms with Gasteiger partial charge in [-0.25, -0.2) is 4.98 Å². The summed E-state index contributed by atoms with van der Waals surface area (Å²) >= 11 is 0. The van der Waals surface area contributed by atoms with E-state index in [4.69, 9.17) is 0 Å². The van der Waals surface area contributed by atoms with Crippen LogP contribution in [-0.4, -0.2) is 28.9 Å². The van der Waals surface area contributed by atoms with Gasteiger partial charge in [0, 0.05) is 18.5 Å². The monoisotopic (exact) mass is 226 g/mol. The zero-order valence-electron chi connectivity index (χ0n) is 9.60. The van der Waals surface area contributed by atoms with Crippen molar-refractivity contribution in [2.24, 2.45) is 0 Å². The van der Waals surface area contributed by atoms with Gasteiger partial charge in [-0.05, 0) is 25.0 Å². The average Bonchev–Trinajstić information content (AvgIpc) is 2.91. The van der Waals surface area contributed by atoms with Crippen molar-refractivity contribution in [3.63, 3.8) is 0 Å². The molecule has 0 saturated carbocycles. The van der Waals surface area contributed by atoms with Crippen molar-refractivity contribution < 1.29 is 4.79 Å². The quantitative estimate of drug-likeness (QED) is 0.748. The number of pyridine rings is 1. The smallest absolute Gasteiger partial charge is 0.272 e. The van der Waals surface area contributed by atoms with Crippen molar-refractivity contribution in [2.45, 2.75) is 12.8 Å². The molecule has 0 atom stereocenters. The summed E-state index contributed by atoms with van der Waals surface area (Å²) in [6.45, 7) is 1.74. The summed E-state index contributed by atoms with van der Waals surface area (Å²) in [6.07, 6.45) is 2.22. The van der Waals surface area contributed by atoms with Gasteiger partial charge in [-0.1, -0.05) is 24.3 Å². The maximum atomic E-state index is 12.2. The molecule has 0 radical (unpaired) electrons. The van der Waals surface area contributed by atoms with Gasteiger partial charge in [0.05, 0.1) is 5.52 Å². The van der Waals surface area contributed by atoms with Crippen molar-refractivity contribution in [1.82, 2.24) is 9.88 Å². The Morgan fingerprint density at radius 1 is 1.06 bits per heavy atom. The fourth-order valence-electron chi connectivity index (χ4n) is 2.27. The molecule has 1 saturated heterocycles. The molecule has 2 aromatic rings. The number of fused-ring (bicyclic) bond motifs is 1. The van der Waals surface area contributed by atoms with E-state index in [2.05, 4.69) is 4.98 Å². The third-order valence-electron chi connectivity index (χ3n) is 3.21. The molecule has 3 rings (SSSR count). The molecular formula is C14H14N2O. The van der Waals surface area contributed by atoms with Gasteiger partial charge in [0.2, 0.25) is 0 Å². The predicted octanol–water partition coefficient (Wildman–Crippen LogP) is 2.47. The Morgan fingerprint density at radius 2 is 1.82 bits per heavy atom. The molecule has 1 aromatic heterocycles. The Balaban J connectivity index is 1.97. The van der Waals surface area contributed by atoms with E-state index in [0.717, 1.165) is 36.8 Å². The van der Waals surface area contributed by atoms with Crippen LogP contribution in [0.15, 0.2) is 36.4 Å². The number of carbonyl (C=O) groups excluding carboxylic acids is 1. The summed E-state index contributed by atoms with van der Waals surface area (Å²) in [4.78, 5) is 18.5. The molecule has 0 bridgehead atoms. The second-order valence-electron chi connectivity index (χ2n) is 4.39. The van der Waals surface area contributed by atoms with Crippen molar-refractivity contribution in [1.29, 1.82) is 0 Å². The molecule has 1 aromatic carbocycles. The summed E-state index contributed by atoms with van der Waals surface area (Å²) in [5.41, 5.74) is 1.45. The maximum absolute atomic E-state index is 12.2. The maximum Gasteiger partial charge on any atom is 0.272 e. The van der Waals surface area contributed by atoms with Crippen LogP contribution >= 0.6 is 0 Å². The van der Waals surface area contributed by atoms with E-state index >= 15 is 0 Å². The summed E-state index contributed by atoms with van der Waals surface area (Å²) < 4.78 is 0. The molecule has 86 valence electrons. The molecule has 3 nitrogen and oxygen atoms in total. The number of aromatic nitrogens is 1. The molecule has 0 aliphatic carbocycles. The molecule has 1 aliphatic rings. The molecular weight excluding hydrogens is 212 g/mol. The van der Waals surface area contributed by atoms with E-state index in [1.165, 1.54) is 0 Å². The van der Waals surface area contributed by atoms with E-state index < -0.39 is 0 Å². The van der Waals surface area contributed by atoms with Crippen LogP contribution in [0.1, 0.15) is 23.3 Å². The van der Waals surface area contributed by atoms with Gasteiger partial charge in [0.15, 0.2) is 0 Å². The fraction of sp³-hybridized carbons (Fsp3) is 0.286. The molecule has 1 amide bonds. The third kappa shape index (κ3) is 1.88. The van der Waals surface area contributed by atoms with Gasteiger partial charge in [-0.15, -0.1) is 0 Å². The van der Waals surface area contributed by atoms with Crippen molar-refractivity contribution in [3.05, 3.63) is 42.1 Å². The number of rotatable bonds is 1. The first-order valence-electron chi connectivity index (χ1n) is 6.00. The summed E-state index contributed by atoms with van der Waals surface area (Å²) in [5, 5.41) is 1.07. The average molecular weight is 226 g/mol. The van der Waals surface area contributed by atoms with Gasteiger partial charge >= 0.3 is 0 Å². The van der Waals surface area contributed by atoms with E-state index in [9.17, 15) is 4.79 Å². The topological polar surface area (TPSA) is 33.2 Å². The largest absolute Gasteiger partial charge is 0.337 e. The highest BCUT2D eigenvalue weighted by atomic mass is 16.2. The van der Waals surface area contributed by atoms with Crippen molar-refractivity contribution in [3.8, 4) is 0 Å². The van der Waals surface area contributed by atoms with Crippen LogP contribution in [0.3, 0.4) is 0 Å². The van der Waals surface area contributed by atoms with Gasteiger partial charge in [0.1, 0.15) is 5.69 Å². The number of hydrogen-bond acceptors (Lipinski definition) is 2. The van der Waals surface area contributed by atoms with Crippen LogP contribution in [0.2, 0.25) is 0 Å². The van der Waals surface area contributed by atoms with Crippen LogP contribution in [0.4, 0.5) is 0 Å². The standard InChI is InChI=1S/C14H14N2O/c17-14(16-9-3-4-10-16)13-8-7-11-5-1-2-6-12(11)15-13/h1-2,5-8H,3-4,9-10H2. The minimum absolute atomic E-state index is 0.0632. The molecule has 0 unspecified atom stereocenters. The SMILES string of the molecule is O=C(c1ccc2ccccc2n1)N1CCCC1. The second kappa shape index (κ2) is 4.17. The predicted molar refractivity (Wildman–Crippen MR) is 66.9 cm³/mol. The lowest BCUT2D eigenvalue weighted by atomic mass is 10.2. The number of likely N-dealkylation sites (tertiary alicyclic amines) is 1. The minimum Gasteiger partial charge on any atom is -0.337 e. The molecule has 1 fully saturated rings. The number of hydrogen-bond donors (Lipinski definition) is 0. The highest BCUT2D eigenvalue weighted by Gasteiger charge is 2.20. The van der Waals surface area contributed by atoms with Crippen LogP contribution in [0.5, 0.6) is 0 Å². The molecule has 0 spiro atoms. The molecule has 3 heteroatoms. The van der Waals surface area contributed by atoms with Gasteiger partial charge in [-0.3, -0.25) is 4.79 Å². The molecule has 2 heterocycles. The fourth-order valence-corrected chi connectivity index (χ4v) is 2.27. The van der Waals surface area contributed by atoms with Crippen LogP contribution in [0.25, 0.3) is 10.9 Å². The third-order valence-corrected chi connectivity index (χ3v) is 3.21. The lowest BCUT2D eigenvalue weighted by Gasteiger charge is -2.14. The highest BCUT2D eigenvalue weighted by molar-refractivity contribution is 5.95. The van der Waals surface area contributed by atoms with E-state index in [1.807, 2.05) is 41.3 Å². The second-order valence-corrected chi connectivity index (χ2v) is 4.39. The highest BCUT2D eigenvalue weighted by Crippen LogP contribution is 2.15. The number of carbonyl (C=O) groups is 1. The number of nitrogens with zero attached hydrogens (tertiary/aromatic N) is 2. The van der Waals surface area contributed by atoms with Gasteiger partial charge in [0.25, 0.3) is 5.91 Å². The van der Waals surface area contributed by atoms with Crippen LogP contribution in [0, 0.1) is 0 Å². The van der Waals surface area contributed by atoms with Crippen molar-refractivity contribution in [2.75, 3.05) is 13.1 Å². The molecule has 17 heavy (non-hydrogen) atoms. The Bertz CT molecular complexity index is 559. The lowest BCUT2D eigenvalue weighted by molar-refractivity contribution is 0.0787. The van der Waals surface area contributed by atoms with Crippen molar-refractivity contribution >= 4 is 16.8 Å². The van der Waals surface area contributed by atoms with E-state index in [0.29, 0.717) is 5.69 Å². The Morgan fingerprint density at radius 3 is 2.65 bits per heavy atom. The molecule has 0 N–H and O–H groups in total. The van der Waals surface area contributed by atoms with Crippen LogP contribution in [-0.2, 0) is 0 Å². The van der Waals surface area contributed by atoms with E-state index in [1.54, 1.807) is 0 Å². The Labute approximate surface area is 100 Å². The summed E-state index contributed by atoms with van der Waals surface area (Å²) in [5.74, 6) is 0.0632. The zero-order valence-corrected chi connectivity index (χ0v) is 9.60.